The first-order valence-corrected chi connectivity index (χ1v) is 5.19. The fraction of sp³-hybridized carbons (Fsp3) is 0.900. The van der Waals surface area contributed by atoms with Crippen LogP contribution in [0, 0.1) is 11.3 Å². The molecular formula is C10H20N2O2. The zero-order valence-corrected chi connectivity index (χ0v) is 8.99. The highest BCUT2D eigenvalue weighted by atomic mass is 16.5. The van der Waals surface area contributed by atoms with E-state index >= 15 is 0 Å². The summed E-state index contributed by atoms with van der Waals surface area (Å²) in [5.41, 5.74) is 5.16. The van der Waals surface area contributed by atoms with Crippen LogP contribution in [0.1, 0.15) is 32.6 Å². The molecule has 1 amide bonds. The Kier molecular flexibility index (Phi) is 3.50. The number of hydroxylamine groups is 2. The summed E-state index contributed by atoms with van der Waals surface area (Å²) in [7, 11) is 1.37. The van der Waals surface area contributed by atoms with E-state index in [-0.39, 0.29) is 5.91 Å². The number of nitrogens with zero attached hydrogens (tertiary/aromatic N) is 1. The standard InChI is InChI=1S/C10H20N2O2/c1-8-3-5-10(7-11,6-4-8)9(13)12(2)14/h8,14H,3-7,11H2,1-2H3. The second-order valence-electron chi connectivity index (χ2n) is 4.50. The van der Waals surface area contributed by atoms with Crippen LogP contribution in [-0.2, 0) is 4.79 Å². The molecule has 0 aliphatic heterocycles. The molecule has 0 atom stereocenters. The van der Waals surface area contributed by atoms with Gasteiger partial charge in [0.2, 0.25) is 0 Å². The number of carbonyl (C=O) groups is 1. The SMILES string of the molecule is CC1CCC(CN)(C(=O)N(C)O)CC1. The Labute approximate surface area is 85.0 Å². The van der Waals surface area contributed by atoms with Crippen LogP contribution in [0.25, 0.3) is 0 Å². The monoisotopic (exact) mass is 200 g/mol. The van der Waals surface area contributed by atoms with Gasteiger partial charge in [-0.05, 0) is 31.6 Å². The summed E-state index contributed by atoms with van der Waals surface area (Å²) in [6.07, 6.45) is 3.65. The lowest BCUT2D eigenvalue weighted by molar-refractivity contribution is -0.173. The van der Waals surface area contributed by atoms with Crippen LogP contribution in [0.4, 0.5) is 0 Å². The van der Waals surface area contributed by atoms with Gasteiger partial charge >= 0.3 is 0 Å². The van der Waals surface area contributed by atoms with Crippen LogP contribution in [0.15, 0.2) is 0 Å². The molecule has 0 unspecified atom stereocenters. The van der Waals surface area contributed by atoms with Crippen LogP contribution in [0.3, 0.4) is 0 Å². The molecule has 0 aromatic carbocycles. The lowest BCUT2D eigenvalue weighted by Crippen LogP contribution is -2.47. The smallest absolute Gasteiger partial charge is 0.253 e. The third-order valence-corrected chi connectivity index (χ3v) is 3.37. The summed E-state index contributed by atoms with van der Waals surface area (Å²) in [5, 5.41) is 9.85. The molecule has 82 valence electrons. The van der Waals surface area contributed by atoms with Crippen LogP contribution >= 0.6 is 0 Å². The van der Waals surface area contributed by atoms with Gasteiger partial charge in [0.25, 0.3) is 5.91 Å². The van der Waals surface area contributed by atoms with Gasteiger partial charge in [-0.2, -0.15) is 0 Å². The summed E-state index contributed by atoms with van der Waals surface area (Å²) >= 11 is 0. The molecule has 0 radical (unpaired) electrons. The number of hydrogen-bond donors (Lipinski definition) is 2. The molecule has 4 nitrogen and oxygen atoms in total. The van der Waals surface area contributed by atoms with E-state index in [1.807, 2.05) is 0 Å². The molecule has 0 bridgehead atoms. The molecule has 0 aromatic heterocycles. The van der Waals surface area contributed by atoms with E-state index in [2.05, 4.69) is 6.92 Å². The maximum absolute atomic E-state index is 11.8. The van der Waals surface area contributed by atoms with Gasteiger partial charge in [0, 0.05) is 13.6 Å². The van der Waals surface area contributed by atoms with Gasteiger partial charge in [0.1, 0.15) is 0 Å². The molecule has 0 aromatic rings. The first-order valence-electron chi connectivity index (χ1n) is 5.19. The molecule has 14 heavy (non-hydrogen) atoms. The second-order valence-corrected chi connectivity index (χ2v) is 4.50. The minimum absolute atomic E-state index is 0.230. The van der Waals surface area contributed by atoms with Crippen molar-refractivity contribution in [3.05, 3.63) is 0 Å². The maximum atomic E-state index is 11.8. The minimum atomic E-state index is -0.504. The predicted molar refractivity (Wildman–Crippen MR) is 53.7 cm³/mol. The molecule has 1 fully saturated rings. The normalized spacial score (nSPS) is 32.7. The van der Waals surface area contributed by atoms with E-state index in [1.54, 1.807) is 0 Å². The Hall–Kier alpha value is -0.610. The second kappa shape index (κ2) is 4.28. The Morgan fingerprint density at radius 3 is 2.43 bits per heavy atom. The molecule has 0 heterocycles. The fourth-order valence-corrected chi connectivity index (χ4v) is 2.16. The highest BCUT2D eigenvalue weighted by Gasteiger charge is 2.41. The van der Waals surface area contributed by atoms with E-state index in [1.165, 1.54) is 7.05 Å². The van der Waals surface area contributed by atoms with Crippen molar-refractivity contribution in [1.82, 2.24) is 5.06 Å². The number of nitrogens with two attached hydrogens (primary N) is 1. The quantitative estimate of drug-likeness (QED) is 0.516. The van der Waals surface area contributed by atoms with E-state index in [4.69, 9.17) is 10.9 Å². The van der Waals surface area contributed by atoms with Gasteiger partial charge in [-0.15, -0.1) is 0 Å². The van der Waals surface area contributed by atoms with Crippen molar-refractivity contribution in [2.24, 2.45) is 17.1 Å². The van der Waals surface area contributed by atoms with Crippen LogP contribution in [0.5, 0.6) is 0 Å². The highest BCUT2D eigenvalue weighted by molar-refractivity contribution is 5.81. The van der Waals surface area contributed by atoms with Crippen LogP contribution in [-0.4, -0.2) is 29.8 Å². The van der Waals surface area contributed by atoms with Gasteiger partial charge in [-0.3, -0.25) is 10.0 Å². The summed E-state index contributed by atoms with van der Waals surface area (Å²) < 4.78 is 0. The van der Waals surface area contributed by atoms with Gasteiger partial charge in [0.05, 0.1) is 5.41 Å². The molecular weight excluding hydrogens is 180 g/mol. The van der Waals surface area contributed by atoms with Crippen molar-refractivity contribution in [2.75, 3.05) is 13.6 Å². The molecule has 1 aliphatic carbocycles. The number of carbonyl (C=O) groups excluding carboxylic acids is 1. The summed E-state index contributed by atoms with van der Waals surface area (Å²) in [6.45, 7) is 2.52. The van der Waals surface area contributed by atoms with E-state index in [0.29, 0.717) is 17.5 Å². The molecule has 1 aliphatic rings. The van der Waals surface area contributed by atoms with Gasteiger partial charge in [0.15, 0.2) is 0 Å². The summed E-state index contributed by atoms with van der Waals surface area (Å²) in [4.78, 5) is 11.8. The van der Waals surface area contributed by atoms with Gasteiger partial charge in [-0.25, -0.2) is 5.06 Å². The number of amides is 1. The lowest BCUT2D eigenvalue weighted by atomic mass is 9.70. The molecule has 3 N–H and O–H groups in total. The van der Waals surface area contributed by atoms with E-state index < -0.39 is 5.41 Å². The third kappa shape index (κ3) is 2.07. The summed E-state index contributed by atoms with van der Waals surface area (Å²) in [6, 6.07) is 0. The number of hydrogen-bond acceptors (Lipinski definition) is 3. The van der Waals surface area contributed by atoms with E-state index in [9.17, 15) is 4.79 Å². The van der Waals surface area contributed by atoms with Crippen LogP contribution in [0.2, 0.25) is 0 Å². The van der Waals surface area contributed by atoms with E-state index in [0.717, 1.165) is 25.7 Å². The Balaban J connectivity index is 2.72. The van der Waals surface area contributed by atoms with Crippen molar-refractivity contribution in [3.8, 4) is 0 Å². The highest BCUT2D eigenvalue weighted by Crippen LogP contribution is 2.39. The zero-order valence-electron chi connectivity index (χ0n) is 8.99. The zero-order chi connectivity index (χ0) is 10.8. The topological polar surface area (TPSA) is 66.6 Å². The summed E-state index contributed by atoms with van der Waals surface area (Å²) in [5.74, 6) is 0.443. The van der Waals surface area contributed by atoms with Crippen LogP contribution < -0.4 is 5.73 Å². The van der Waals surface area contributed by atoms with Gasteiger partial charge in [-0.1, -0.05) is 6.92 Å². The number of rotatable bonds is 2. The third-order valence-electron chi connectivity index (χ3n) is 3.37. The first-order chi connectivity index (χ1) is 6.52. The minimum Gasteiger partial charge on any atom is -0.329 e. The lowest BCUT2D eigenvalue weighted by Gasteiger charge is -2.38. The molecule has 0 saturated heterocycles. The maximum Gasteiger partial charge on any atom is 0.253 e. The first kappa shape index (κ1) is 11.5. The molecule has 4 heteroatoms. The average molecular weight is 200 g/mol. The Morgan fingerprint density at radius 2 is 2.07 bits per heavy atom. The fourth-order valence-electron chi connectivity index (χ4n) is 2.16. The Morgan fingerprint density at radius 1 is 1.57 bits per heavy atom. The van der Waals surface area contributed by atoms with Gasteiger partial charge < -0.3 is 5.73 Å². The Bertz CT molecular complexity index is 208. The molecule has 0 spiro atoms. The van der Waals surface area contributed by atoms with Crippen molar-refractivity contribution in [2.45, 2.75) is 32.6 Å². The van der Waals surface area contributed by atoms with Crippen molar-refractivity contribution in [3.63, 3.8) is 0 Å². The molecule has 1 saturated carbocycles. The van der Waals surface area contributed by atoms with Crippen molar-refractivity contribution < 1.29 is 10.0 Å². The largest absolute Gasteiger partial charge is 0.329 e. The molecule has 1 rings (SSSR count). The van der Waals surface area contributed by atoms with Crippen molar-refractivity contribution >= 4 is 5.91 Å². The predicted octanol–water partition coefficient (Wildman–Crippen LogP) is 0.989. The average Bonchev–Trinajstić information content (AvgIpc) is 2.18. The van der Waals surface area contributed by atoms with Crippen molar-refractivity contribution in [1.29, 1.82) is 0 Å².